The molecular weight excluding hydrogens is 322 g/mol. The fourth-order valence-corrected chi connectivity index (χ4v) is 4.06. The summed E-state index contributed by atoms with van der Waals surface area (Å²) in [7, 11) is 0. The van der Waals surface area contributed by atoms with E-state index in [9.17, 15) is 4.79 Å². The molecule has 3 rings (SSSR count). The van der Waals surface area contributed by atoms with Crippen LogP contribution in [0.25, 0.3) is 0 Å². The Balaban J connectivity index is 1.94. The Morgan fingerprint density at radius 2 is 1.79 bits per heavy atom. The van der Waals surface area contributed by atoms with E-state index in [2.05, 4.69) is 15.9 Å². The van der Waals surface area contributed by atoms with E-state index in [0.717, 1.165) is 20.5 Å². The molecule has 4 heteroatoms. The van der Waals surface area contributed by atoms with E-state index >= 15 is 0 Å². The second-order valence-electron chi connectivity index (χ2n) is 4.45. The maximum atomic E-state index is 12.4. The van der Waals surface area contributed by atoms with Crippen molar-refractivity contribution in [2.75, 3.05) is 0 Å². The first-order valence-electron chi connectivity index (χ1n) is 5.98. The molecule has 2 N–H and O–H groups in total. The summed E-state index contributed by atoms with van der Waals surface area (Å²) < 4.78 is 0.951. The van der Waals surface area contributed by atoms with Crippen LogP contribution in [0.15, 0.2) is 57.9 Å². The number of thioether (sulfide) groups is 1. The predicted octanol–water partition coefficient (Wildman–Crippen LogP) is 3.81. The van der Waals surface area contributed by atoms with E-state index < -0.39 is 0 Å². The molecule has 1 aliphatic heterocycles. The van der Waals surface area contributed by atoms with Crippen molar-refractivity contribution in [1.29, 1.82) is 0 Å². The average Bonchev–Trinajstić information content (AvgIpc) is 2.77. The van der Waals surface area contributed by atoms with Gasteiger partial charge in [-0.3, -0.25) is 4.79 Å². The zero-order chi connectivity index (χ0) is 13.4. The number of benzene rings is 2. The van der Waals surface area contributed by atoms with Gasteiger partial charge in [0.25, 0.3) is 0 Å². The second-order valence-corrected chi connectivity index (χ2v) is 6.48. The molecule has 0 radical (unpaired) electrons. The van der Waals surface area contributed by atoms with Crippen molar-refractivity contribution < 1.29 is 4.79 Å². The molecule has 19 heavy (non-hydrogen) atoms. The second kappa shape index (κ2) is 5.12. The molecule has 0 aliphatic carbocycles. The van der Waals surface area contributed by atoms with Crippen molar-refractivity contribution in [2.45, 2.75) is 16.2 Å². The average molecular weight is 334 g/mol. The zero-order valence-corrected chi connectivity index (χ0v) is 12.4. The summed E-state index contributed by atoms with van der Waals surface area (Å²) in [4.78, 5) is 13.4. The number of rotatable bonds is 2. The normalized spacial score (nSPS) is 19.3. The van der Waals surface area contributed by atoms with Gasteiger partial charge >= 0.3 is 0 Å². The van der Waals surface area contributed by atoms with Crippen LogP contribution in [0.3, 0.4) is 0 Å². The molecule has 0 aromatic heterocycles. The Kier molecular flexibility index (Phi) is 3.48. The van der Waals surface area contributed by atoms with Gasteiger partial charge in [0.15, 0.2) is 5.78 Å². The minimum absolute atomic E-state index is 0.129. The largest absolute Gasteiger partial charge is 0.323 e. The topological polar surface area (TPSA) is 43.1 Å². The molecule has 0 bridgehead atoms. The Hall–Kier alpha value is -1.10. The van der Waals surface area contributed by atoms with Crippen LogP contribution in [-0.4, -0.2) is 11.0 Å². The number of hydrogen-bond donors (Lipinski definition) is 1. The van der Waals surface area contributed by atoms with E-state index in [1.165, 1.54) is 0 Å². The van der Waals surface area contributed by atoms with Crippen LogP contribution >= 0.6 is 27.7 Å². The minimum atomic E-state index is -0.305. The van der Waals surface area contributed by atoms with Crippen LogP contribution in [-0.2, 0) is 0 Å². The lowest BCUT2D eigenvalue weighted by molar-refractivity contribution is 0.0983. The van der Waals surface area contributed by atoms with E-state index in [-0.39, 0.29) is 17.1 Å². The molecule has 2 nitrogen and oxygen atoms in total. The van der Waals surface area contributed by atoms with Crippen LogP contribution in [0.4, 0.5) is 0 Å². The van der Waals surface area contributed by atoms with Gasteiger partial charge in [0.2, 0.25) is 0 Å². The summed E-state index contributed by atoms with van der Waals surface area (Å²) in [6, 6.07) is 15.2. The predicted molar refractivity (Wildman–Crippen MR) is 81.5 cm³/mol. The lowest BCUT2D eigenvalue weighted by Gasteiger charge is -2.18. The molecule has 2 aromatic rings. The SMILES string of the molecule is NC(c1ccccc1Br)C1Sc2ccccc2C1=O. The molecule has 2 aromatic carbocycles. The molecule has 0 saturated heterocycles. The van der Waals surface area contributed by atoms with Gasteiger partial charge in [-0.05, 0) is 17.7 Å². The Bertz CT molecular complexity index is 644. The van der Waals surface area contributed by atoms with Gasteiger partial charge in [-0.25, -0.2) is 0 Å². The number of fused-ring (bicyclic) bond motifs is 1. The molecular formula is C15H12BrNOS. The zero-order valence-electron chi connectivity index (χ0n) is 10.0. The number of nitrogens with two attached hydrogens (primary N) is 1. The number of carbonyl (C=O) groups is 1. The van der Waals surface area contributed by atoms with E-state index in [0.29, 0.717) is 0 Å². The highest BCUT2D eigenvalue weighted by atomic mass is 79.9. The highest BCUT2D eigenvalue weighted by Gasteiger charge is 2.36. The van der Waals surface area contributed by atoms with Crippen molar-refractivity contribution in [3.05, 3.63) is 64.1 Å². The van der Waals surface area contributed by atoms with Crippen molar-refractivity contribution >= 4 is 33.5 Å². The lowest BCUT2D eigenvalue weighted by Crippen LogP contribution is -2.28. The van der Waals surface area contributed by atoms with E-state index in [4.69, 9.17) is 5.73 Å². The van der Waals surface area contributed by atoms with Gasteiger partial charge in [0, 0.05) is 14.9 Å². The Morgan fingerprint density at radius 3 is 2.53 bits per heavy atom. The third kappa shape index (κ3) is 2.24. The van der Waals surface area contributed by atoms with Crippen molar-refractivity contribution in [2.24, 2.45) is 5.73 Å². The summed E-state index contributed by atoms with van der Waals surface area (Å²) in [5.41, 5.74) is 8.06. The molecule has 0 amide bonds. The van der Waals surface area contributed by atoms with Crippen molar-refractivity contribution in [3.63, 3.8) is 0 Å². The number of halogens is 1. The number of ketones is 1. The maximum Gasteiger partial charge on any atom is 0.179 e. The van der Waals surface area contributed by atoms with Gasteiger partial charge in [-0.2, -0.15) is 0 Å². The summed E-state index contributed by atoms with van der Waals surface area (Å²) in [6.07, 6.45) is 0. The van der Waals surface area contributed by atoms with Crippen molar-refractivity contribution in [1.82, 2.24) is 0 Å². The van der Waals surface area contributed by atoms with E-state index in [1.807, 2.05) is 48.5 Å². The fraction of sp³-hybridized carbons (Fsp3) is 0.133. The molecule has 0 fully saturated rings. The van der Waals surface area contributed by atoms with E-state index in [1.54, 1.807) is 11.8 Å². The van der Waals surface area contributed by atoms with Gasteiger partial charge < -0.3 is 5.73 Å². The molecule has 1 heterocycles. The van der Waals surface area contributed by atoms with Gasteiger partial charge in [-0.1, -0.05) is 52.3 Å². The third-order valence-electron chi connectivity index (χ3n) is 3.26. The first-order chi connectivity index (χ1) is 9.18. The first-order valence-corrected chi connectivity index (χ1v) is 7.65. The highest BCUT2D eigenvalue weighted by molar-refractivity contribution is 9.10. The van der Waals surface area contributed by atoms with Crippen molar-refractivity contribution in [3.8, 4) is 0 Å². The maximum absolute atomic E-state index is 12.4. The minimum Gasteiger partial charge on any atom is -0.323 e. The molecule has 2 atom stereocenters. The quantitative estimate of drug-likeness (QED) is 0.908. The standard InChI is InChI=1S/C15H12BrNOS/c16-11-7-3-1-5-9(11)13(17)15-14(18)10-6-2-4-8-12(10)19-15/h1-8,13,15H,17H2. The van der Waals surface area contributed by atoms with Crippen LogP contribution in [0, 0.1) is 0 Å². The lowest BCUT2D eigenvalue weighted by atomic mass is 9.98. The molecule has 0 spiro atoms. The summed E-state index contributed by atoms with van der Waals surface area (Å²) in [6.45, 7) is 0. The smallest absolute Gasteiger partial charge is 0.179 e. The molecule has 2 unspecified atom stereocenters. The van der Waals surface area contributed by atoms with Crippen LogP contribution < -0.4 is 5.73 Å². The monoisotopic (exact) mass is 333 g/mol. The van der Waals surface area contributed by atoms with Crippen LogP contribution in [0.2, 0.25) is 0 Å². The van der Waals surface area contributed by atoms with Gasteiger partial charge in [0.1, 0.15) is 0 Å². The molecule has 96 valence electrons. The first kappa shape index (κ1) is 12.9. The summed E-state index contributed by atoms with van der Waals surface area (Å²) in [5.74, 6) is 0.129. The van der Waals surface area contributed by atoms with Gasteiger partial charge in [0.05, 0.1) is 11.3 Å². The Labute approximate surface area is 124 Å². The number of hydrogen-bond acceptors (Lipinski definition) is 3. The van der Waals surface area contributed by atoms with Crippen LogP contribution in [0.5, 0.6) is 0 Å². The molecule has 0 saturated carbocycles. The Morgan fingerprint density at radius 1 is 1.11 bits per heavy atom. The third-order valence-corrected chi connectivity index (χ3v) is 5.35. The summed E-state index contributed by atoms with van der Waals surface area (Å²) in [5, 5.41) is -0.240. The summed E-state index contributed by atoms with van der Waals surface area (Å²) >= 11 is 5.06. The van der Waals surface area contributed by atoms with Gasteiger partial charge in [-0.15, -0.1) is 11.8 Å². The number of Topliss-reactive ketones (excluding diaryl/α,β-unsaturated/α-hetero) is 1. The number of carbonyl (C=O) groups excluding carboxylic acids is 1. The highest BCUT2D eigenvalue weighted by Crippen LogP contribution is 2.42. The fourth-order valence-electron chi connectivity index (χ4n) is 2.26. The van der Waals surface area contributed by atoms with Crippen LogP contribution in [0.1, 0.15) is 22.0 Å². The molecule has 1 aliphatic rings.